The molecule has 2 heterocycles. The van der Waals surface area contributed by atoms with Crippen LogP contribution < -0.4 is 10.9 Å². The summed E-state index contributed by atoms with van der Waals surface area (Å²) in [7, 11) is 0. The predicted molar refractivity (Wildman–Crippen MR) is 63.3 cm³/mol. The average Bonchev–Trinajstić information content (AvgIpc) is 2.73. The van der Waals surface area contributed by atoms with Gasteiger partial charge in [-0.05, 0) is 19.1 Å². The van der Waals surface area contributed by atoms with Gasteiger partial charge in [-0.15, -0.1) is 0 Å². The maximum Gasteiger partial charge on any atom is 0.431 e. The van der Waals surface area contributed by atoms with Crippen molar-refractivity contribution in [2.24, 2.45) is 0 Å². The molecule has 20 heavy (non-hydrogen) atoms. The molecular weight excluding hydrogens is 277 g/mol. The number of aromatic amines is 2. The summed E-state index contributed by atoms with van der Waals surface area (Å²) in [5.74, 6) is -0.554. The normalized spacial score (nSPS) is 11.4. The largest absolute Gasteiger partial charge is 0.431 e. The van der Waals surface area contributed by atoms with Crippen molar-refractivity contribution < 1.29 is 18.0 Å². The first-order chi connectivity index (χ1) is 9.29. The fourth-order valence-corrected chi connectivity index (χ4v) is 1.47. The van der Waals surface area contributed by atoms with Gasteiger partial charge in [0.2, 0.25) is 0 Å². The zero-order valence-corrected chi connectivity index (χ0v) is 10.1. The average molecular weight is 286 g/mol. The number of nitrogens with one attached hydrogen (secondary N) is 3. The molecule has 0 saturated heterocycles. The molecule has 106 valence electrons. The summed E-state index contributed by atoms with van der Waals surface area (Å²) in [6.45, 7) is 1.66. The highest BCUT2D eigenvalue weighted by Crippen LogP contribution is 2.26. The highest BCUT2D eigenvalue weighted by atomic mass is 19.4. The van der Waals surface area contributed by atoms with Crippen LogP contribution in [-0.2, 0) is 6.18 Å². The van der Waals surface area contributed by atoms with Gasteiger partial charge in [0.25, 0.3) is 11.5 Å². The van der Waals surface area contributed by atoms with Crippen molar-refractivity contribution >= 4 is 11.7 Å². The number of aryl methyl sites for hydroxylation is 1. The second-order valence-electron chi connectivity index (χ2n) is 3.99. The number of carbonyl (C=O) groups is 1. The molecule has 0 spiro atoms. The van der Waals surface area contributed by atoms with Gasteiger partial charge in [0.1, 0.15) is 17.1 Å². The standard InChI is InChI=1S/C11H9F3N4O2/c1-5-4-15-18-8(5)17-10(20)6-2-3-7(11(12,13)14)16-9(6)19/h2-4H,1H3,(H,16,19)(H2,15,17,18,20). The molecule has 9 heteroatoms. The van der Waals surface area contributed by atoms with E-state index < -0.39 is 28.9 Å². The molecule has 0 aliphatic carbocycles. The van der Waals surface area contributed by atoms with Crippen LogP contribution in [0.2, 0.25) is 0 Å². The summed E-state index contributed by atoms with van der Waals surface area (Å²) in [4.78, 5) is 24.9. The van der Waals surface area contributed by atoms with E-state index in [0.717, 1.165) is 6.07 Å². The van der Waals surface area contributed by atoms with Crippen molar-refractivity contribution in [1.29, 1.82) is 0 Å². The van der Waals surface area contributed by atoms with Crippen molar-refractivity contribution in [3.8, 4) is 0 Å². The van der Waals surface area contributed by atoms with Gasteiger partial charge in [-0.3, -0.25) is 14.7 Å². The summed E-state index contributed by atoms with van der Waals surface area (Å²) >= 11 is 0. The molecule has 1 amide bonds. The van der Waals surface area contributed by atoms with E-state index in [2.05, 4.69) is 15.5 Å². The molecule has 0 fully saturated rings. The van der Waals surface area contributed by atoms with E-state index in [1.54, 1.807) is 11.9 Å². The number of amides is 1. The van der Waals surface area contributed by atoms with Gasteiger partial charge in [0.05, 0.1) is 6.20 Å². The van der Waals surface area contributed by atoms with Crippen LogP contribution >= 0.6 is 0 Å². The Morgan fingerprint density at radius 1 is 1.35 bits per heavy atom. The first kappa shape index (κ1) is 13.8. The van der Waals surface area contributed by atoms with Crippen molar-refractivity contribution in [3.05, 3.63) is 45.5 Å². The molecule has 2 aromatic heterocycles. The number of hydrogen-bond acceptors (Lipinski definition) is 3. The fourth-order valence-electron chi connectivity index (χ4n) is 1.47. The minimum absolute atomic E-state index is 0.272. The predicted octanol–water partition coefficient (Wildman–Crippen LogP) is 1.68. The van der Waals surface area contributed by atoms with E-state index in [-0.39, 0.29) is 5.82 Å². The lowest BCUT2D eigenvalue weighted by atomic mass is 10.2. The van der Waals surface area contributed by atoms with Crippen LogP contribution in [0.3, 0.4) is 0 Å². The van der Waals surface area contributed by atoms with Crippen molar-refractivity contribution in [2.45, 2.75) is 13.1 Å². The number of carbonyl (C=O) groups excluding carboxylic acids is 1. The second kappa shape index (κ2) is 4.83. The molecule has 0 aliphatic rings. The number of nitrogens with zero attached hydrogens (tertiary/aromatic N) is 1. The first-order valence-electron chi connectivity index (χ1n) is 5.41. The Morgan fingerprint density at radius 2 is 2.05 bits per heavy atom. The van der Waals surface area contributed by atoms with Crippen LogP contribution in [0.5, 0.6) is 0 Å². The van der Waals surface area contributed by atoms with Gasteiger partial charge in [0.15, 0.2) is 0 Å². The summed E-state index contributed by atoms with van der Waals surface area (Å²) in [6.07, 6.45) is -3.22. The Kier molecular flexibility index (Phi) is 3.35. The van der Waals surface area contributed by atoms with E-state index in [1.165, 1.54) is 6.20 Å². The van der Waals surface area contributed by atoms with Crippen molar-refractivity contribution in [1.82, 2.24) is 15.2 Å². The highest BCUT2D eigenvalue weighted by Gasteiger charge is 2.32. The van der Waals surface area contributed by atoms with E-state index >= 15 is 0 Å². The number of rotatable bonds is 2. The van der Waals surface area contributed by atoms with Gasteiger partial charge in [-0.25, -0.2) is 0 Å². The highest BCUT2D eigenvalue weighted by molar-refractivity contribution is 6.03. The molecular formula is C11H9F3N4O2. The van der Waals surface area contributed by atoms with Crippen LogP contribution in [0, 0.1) is 6.92 Å². The van der Waals surface area contributed by atoms with Crippen LogP contribution in [0.15, 0.2) is 23.1 Å². The number of halogens is 3. The Labute approximate surface area is 110 Å². The number of H-pyrrole nitrogens is 2. The van der Waals surface area contributed by atoms with Gasteiger partial charge in [-0.2, -0.15) is 18.3 Å². The first-order valence-corrected chi connectivity index (χ1v) is 5.41. The topological polar surface area (TPSA) is 90.6 Å². The van der Waals surface area contributed by atoms with E-state index in [0.29, 0.717) is 11.6 Å². The van der Waals surface area contributed by atoms with Gasteiger partial charge < -0.3 is 10.3 Å². The minimum atomic E-state index is -4.67. The molecule has 6 nitrogen and oxygen atoms in total. The van der Waals surface area contributed by atoms with Gasteiger partial charge >= 0.3 is 6.18 Å². The monoisotopic (exact) mass is 286 g/mol. The molecule has 0 unspecified atom stereocenters. The molecule has 0 atom stereocenters. The third-order valence-corrected chi connectivity index (χ3v) is 2.53. The number of pyridine rings is 1. The third kappa shape index (κ3) is 2.71. The van der Waals surface area contributed by atoms with E-state index in [9.17, 15) is 22.8 Å². The summed E-state index contributed by atoms with van der Waals surface area (Å²) in [6, 6.07) is 1.46. The molecule has 0 aliphatic heterocycles. The second-order valence-corrected chi connectivity index (χ2v) is 3.99. The Bertz CT molecular complexity index is 702. The van der Waals surface area contributed by atoms with Crippen LogP contribution in [-0.4, -0.2) is 21.1 Å². The van der Waals surface area contributed by atoms with Crippen molar-refractivity contribution in [3.63, 3.8) is 0 Å². The zero-order chi connectivity index (χ0) is 14.9. The Hall–Kier alpha value is -2.58. The van der Waals surface area contributed by atoms with E-state index in [1.807, 2.05) is 0 Å². The van der Waals surface area contributed by atoms with Crippen LogP contribution in [0.1, 0.15) is 21.6 Å². The molecule has 3 N–H and O–H groups in total. The molecule has 0 bridgehead atoms. The number of anilines is 1. The maximum atomic E-state index is 12.4. The SMILES string of the molecule is Cc1cn[nH]c1NC(=O)c1ccc(C(F)(F)F)[nH]c1=O. The molecule has 0 radical (unpaired) electrons. The van der Waals surface area contributed by atoms with E-state index in [4.69, 9.17) is 0 Å². The Balaban J connectivity index is 2.28. The lowest BCUT2D eigenvalue weighted by Gasteiger charge is -2.07. The molecule has 2 aromatic rings. The lowest BCUT2D eigenvalue weighted by molar-refractivity contribution is -0.141. The lowest BCUT2D eigenvalue weighted by Crippen LogP contribution is -2.26. The summed E-state index contributed by atoms with van der Waals surface area (Å²) < 4.78 is 37.1. The number of hydrogen-bond donors (Lipinski definition) is 3. The number of aromatic nitrogens is 3. The zero-order valence-electron chi connectivity index (χ0n) is 10.1. The minimum Gasteiger partial charge on any atom is -0.318 e. The smallest absolute Gasteiger partial charge is 0.318 e. The summed E-state index contributed by atoms with van der Waals surface area (Å²) in [5.41, 5.74) is -2.13. The number of alkyl halides is 3. The quantitative estimate of drug-likeness (QED) is 0.784. The molecule has 0 aromatic carbocycles. The Morgan fingerprint density at radius 3 is 2.55 bits per heavy atom. The molecule has 2 rings (SSSR count). The van der Waals surface area contributed by atoms with Gasteiger partial charge in [0, 0.05) is 5.56 Å². The van der Waals surface area contributed by atoms with Gasteiger partial charge in [-0.1, -0.05) is 0 Å². The van der Waals surface area contributed by atoms with Crippen LogP contribution in [0.25, 0.3) is 0 Å². The maximum absolute atomic E-state index is 12.4. The van der Waals surface area contributed by atoms with Crippen molar-refractivity contribution in [2.75, 3.05) is 5.32 Å². The fraction of sp³-hybridized carbons (Fsp3) is 0.182. The summed E-state index contributed by atoms with van der Waals surface area (Å²) in [5, 5.41) is 8.50. The third-order valence-electron chi connectivity index (χ3n) is 2.53. The van der Waals surface area contributed by atoms with Crippen LogP contribution in [0.4, 0.5) is 19.0 Å². The molecule has 0 saturated carbocycles.